The Labute approximate surface area is 219 Å². The van der Waals surface area contributed by atoms with Crippen molar-refractivity contribution < 1.29 is 42.9 Å². The summed E-state index contributed by atoms with van der Waals surface area (Å²) in [5.74, 6) is -2.84. The second kappa shape index (κ2) is 11.7. The molecule has 1 saturated heterocycles. The molecule has 1 fully saturated rings. The summed E-state index contributed by atoms with van der Waals surface area (Å²) in [5, 5.41) is 0. The van der Waals surface area contributed by atoms with Crippen LogP contribution in [0.2, 0.25) is 0 Å². The SMILES string of the molecule is CC(=O)OC1O[C@H](COC(=O)c2ccccc2)[C@@](C)(OC(=O)c2ccccc2)[C@H]1OC(=O)c1ccccc1. The second-order valence-corrected chi connectivity index (χ2v) is 8.70. The zero-order valence-corrected chi connectivity index (χ0v) is 20.8. The molecule has 196 valence electrons. The van der Waals surface area contributed by atoms with Crippen molar-refractivity contribution in [2.75, 3.05) is 6.61 Å². The van der Waals surface area contributed by atoms with Gasteiger partial charge < -0.3 is 23.7 Å². The minimum atomic E-state index is -1.71. The van der Waals surface area contributed by atoms with Gasteiger partial charge in [-0.3, -0.25) is 4.79 Å². The van der Waals surface area contributed by atoms with Crippen molar-refractivity contribution in [3.8, 4) is 0 Å². The standard InChI is InChI=1S/C29H26O9/c1-19(30)35-28-24(37-26(32)21-14-8-4-9-15-21)29(2,38-27(33)22-16-10-5-11-17-22)23(36-28)18-34-25(31)20-12-6-3-7-13-20/h3-17,23-24,28H,18H2,1-2H3/t23-,24+,28?,29-/m1/s1. The summed E-state index contributed by atoms with van der Waals surface area (Å²) in [4.78, 5) is 50.6. The van der Waals surface area contributed by atoms with Gasteiger partial charge >= 0.3 is 23.9 Å². The summed E-state index contributed by atoms with van der Waals surface area (Å²) in [7, 11) is 0. The maximum atomic E-state index is 13.1. The fourth-order valence-electron chi connectivity index (χ4n) is 3.98. The van der Waals surface area contributed by atoms with Crippen LogP contribution >= 0.6 is 0 Å². The molecule has 0 amide bonds. The van der Waals surface area contributed by atoms with E-state index >= 15 is 0 Å². The van der Waals surface area contributed by atoms with Crippen molar-refractivity contribution in [3.63, 3.8) is 0 Å². The van der Waals surface area contributed by atoms with Gasteiger partial charge in [-0.2, -0.15) is 0 Å². The molecule has 9 heteroatoms. The first-order chi connectivity index (χ1) is 18.3. The molecule has 0 N–H and O–H groups in total. The maximum absolute atomic E-state index is 13.1. The summed E-state index contributed by atoms with van der Waals surface area (Å²) in [6, 6.07) is 24.6. The molecule has 0 saturated carbocycles. The molecule has 0 aromatic heterocycles. The molecular formula is C29H26O9. The summed E-state index contributed by atoms with van der Waals surface area (Å²) in [5.41, 5.74) is -0.950. The number of ether oxygens (including phenoxy) is 5. The average Bonchev–Trinajstić information content (AvgIpc) is 3.17. The van der Waals surface area contributed by atoms with Crippen molar-refractivity contribution in [1.82, 2.24) is 0 Å². The molecule has 3 aromatic rings. The molecule has 1 heterocycles. The lowest BCUT2D eigenvalue weighted by Gasteiger charge is -2.33. The molecule has 0 aliphatic carbocycles. The van der Waals surface area contributed by atoms with Crippen molar-refractivity contribution in [3.05, 3.63) is 108 Å². The third kappa shape index (κ3) is 6.07. The zero-order chi connectivity index (χ0) is 27.1. The smallest absolute Gasteiger partial charge is 0.338 e. The lowest BCUT2D eigenvalue weighted by atomic mass is 9.94. The molecule has 4 atom stereocenters. The van der Waals surface area contributed by atoms with E-state index in [0.29, 0.717) is 5.56 Å². The number of carbonyl (C=O) groups excluding carboxylic acids is 4. The van der Waals surface area contributed by atoms with Gasteiger partial charge in [0.2, 0.25) is 12.4 Å². The Morgan fingerprint density at radius 1 is 0.711 bits per heavy atom. The van der Waals surface area contributed by atoms with Crippen molar-refractivity contribution in [1.29, 1.82) is 0 Å². The monoisotopic (exact) mass is 518 g/mol. The molecule has 1 aliphatic rings. The van der Waals surface area contributed by atoms with Gasteiger partial charge in [-0.15, -0.1) is 0 Å². The number of hydrogen-bond acceptors (Lipinski definition) is 9. The highest BCUT2D eigenvalue weighted by molar-refractivity contribution is 5.91. The van der Waals surface area contributed by atoms with Crippen LogP contribution in [0, 0.1) is 0 Å². The quantitative estimate of drug-likeness (QED) is 0.323. The van der Waals surface area contributed by atoms with Crippen LogP contribution in [0.5, 0.6) is 0 Å². The van der Waals surface area contributed by atoms with Crippen LogP contribution in [0.1, 0.15) is 44.9 Å². The van der Waals surface area contributed by atoms with Crippen LogP contribution in [0.15, 0.2) is 91.0 Å². The van der Waals surface area contributed by atoms with Gasteiger partial charge in [0.05, 0.1) is 16.7 Å². The number of benzene rings is 3. The Morgan fingerprint density at radius 3 is 1.68 bits per heavy atom. The van der Waals surface area contributed by atoms with Crippen LogP contribution in [0.25, 0.3) is 0 Å². The van der Waals surface area contributed by atoms with Gasteiger partial charge in [0.25, 0.3) is 0 Å². The summed E-state index contributed by atoms with van der Waals surface area (Å²) < 4.78 is 28.2. The minimum Gasteiger partial charge on any atom is -0.459 e. The largest absolute Gasteiger partial charge is 0.459 e. The fourth-order valence-corrected chi connectivity index (χ4v) is 3.98. The Morgan fingerprint density at radius 2 is 1.18 bits per heavy atom. The maximum Gasteiger partial charge on any atom is 0.338 e. The Bertz CT molecular complexity index is 1280. The second-order valence-electron chi connectivity index (χ2n) is 8.70. The zero-order valence-electron chi connectivity index (χ0n) is 20.8. The van der Waals surface area contributed by atoms with E-state index in [1.807, 2.05) is 0 Å². The van der Waals surface area contributed by atoms with Crippen molar-refractivity contribution >= 4 is 23.9 Å². The Kier molecular flexibility index (Phi) is 8.18. The highest BCUT2D eigenvalue weighted by Crippen LogP contribution is 2.39. The minimum absolute atomic E-state index is 0.227. The highest BCUT2D eigenvalue weighted by Gasteiger charge is 2.61. The third-order valence-electron chi connectivity index (χ3n) is 5.97. The Hall–Kier alpha value is -4.50. The van der Waals surface area contributed by atoms with Crippen LogP contribution in [-0.2, 0) is 28.5 Å². The summed E-state index contributed by atoms with van der Waals surface area (Å²) in [6.45, 7) is 2.25. The molecule has 9 nitrogen and oxygen atoms in total. The lowest BCUT2D eigenvalue weighted by Crippen LogP contribution is -2.53. The van der Waals surface area contributed by atoms with Crippen LogP contribution < -0.4 is 0 Å². The first kappa shape index (κ1) is 26.6. The topological polar surface area (TPSA) is 114 Å². The molecular weight excluding hydrogens is 492 g/mol. The average molecular weight is 519 g/mol. The molecule has 0 radical (unpaired) electrons. The Balaban J connectivity index is 1.64. The number of esters is 4. The molecule has 1 unspecified atom stereocenters. The van der Waals surface area contributed by atoms with Crippen LogP contribution in [-0.4, -0.2) is 54.6 Å². The van der Waals surface area contributed by atoms with E-state index in [0.717, 1.165) is 6.92 Å². The van der Waals surface area contributed by atoms with E-state index in [2.05, 4.69) is 0 Å². The van der Waals surface area contributed by atoms with Crippen molar-refractivity contribution in [2.24, 2.45) is 0 Å². The van der Waals surface area contributed by atoms with Crippen molar-refractivity contribution in [2.45, 2.75) is 37.9 Å². The van der Waals surface area contributed by atoms with Gasteiger partial charge in [0, 0.05) is 6.92 Å². The van der Waals surface area contributed by atoms with Gasteiger partial charge in [0.1, 0.15) is 12.7 Å². The molecule has 0 spiro atoms. The first-order valence-electron chi connectivity index (χ1n) is 11.9. The molecule has 3 aromatic carbocycles. The van der Waals surface area contributed by atoms with Crippen LogP contribution in [0.4, 0.5) is 0 Å². The molecule has 38 heavy (non-hydrogen) atoms. The predicted octanol–water partition coefficient (Wildman–Crippen LogP) is 3.97. The molecule has 0 bridgehead atoms. The molecule has 1 aliphatic heterocycles. The van der Waals surface area contributed by atoms with E-state index in [1.165, 1.54) is 6.92 Å². The van der Waals surface area contributed by atoms with Gasteiger partial charge in [-0.1, -0.05) is 54.6 Å². The van der Waals surface area contributed by atoms with Crippen LogP contribution in [0.3, 0.4) is 0 Å². The summed E-state index contributed by atoms with van der Waals surface area (Å²) in [6.07, 6.45) is -3.97. The normalized spacial score (nSPS) is 22.2. The predicted molar refractivity (Wildman–Crippen MR) is 133 cm³/mol. The van der Waals surface area contributed by atoms with E-state index in [-0.39, 0.29) is 17.7 Å². The third-order valence-corrected chi connectivity index (χ3v) is 5.97. The van der Waals surface area contributed by atoms with E-state index in [1.54, 1.807) is 91.0 Å². The summed E-state index contributed by atoms with van der Waals surface area (Å²) >= 11 is 0. The number of hydrogen-bond donors (Lipinski definition) is 0. The van der Waals surface area contributed by atoms with Gasteiger partial charge in [0.15, 0.2) is 5.60 Å². The van der Waals surface area contributed by atoms with Gasteiger partial charge in [-0.05, 0) is 43.3 Å². The highest BCUT2D eigenvalue weighted by atomic mass is 16.8. The molecule has 4 rings (SSSR count). The van der Waals surface area contributed by atoms with E-state index in [4.69, 9.17) is 23.7 Å². The number of rotatable bonds is 8. The van der Waals surface area contributed by atoms with E-state index < -0.39 is 48.0 Å². The fraction of sp³-hybridized carbons (Fsp3) is 0.241. The van der Waals surface area contributed by atoms with E-state index in [9.17, 15) is 19.2 Å². The number of carbonyl (C=O) groups is 4. The lowest BCUT2D eigenvalue weighted by molar-refractivity contribution is -0.188. The first-order valence-corrected chi connectivity index (χ1v) is 11.9. The van der Waals surface area contributed by atoms with Gasteiger partial charge in [-0.25, -0.2) is 14.4 Å².